The molecule has 2 aliphatic rings. The van der Waals surface area contributed by atoms with Crippen molar-refractivity contribution in [2.75, 3.05) is 0 Å². The SMILES string of the molecule is CC1CCc2cc(C(=O)O)c(C3=NC(C)(C(C)C)C(=O)N3)nc2C1. The topological polar surface area (TPSA) is 91.6 Å². The van der Waals surface area contributed by atoms with Crippen LogP contribution in [-0.4, -0.2) is 33.3 Å². The number of nitrogens with one attached hydrogen (secondary N) is 1. The van der Waals surface area contributed by atoms with Gasteiger partial charge in [0.2, 0.25) is 0 Å². The van der Waals surface area contributed by atoms with Crippen molar-refractivity contribution in [1.82, 2.24) is 10.3 Å². The van der Waals surface area contributed by atoms with Gasteiger partial charge >= 0.3 is 5.97 Å². The van der Waals surface area contributed by atoms with Crippen LogP contribution in [0.1, 0.15) is 61.4 Å². The molecule has 0 radical (unpaired) electrons. The van der Waals surface area contributed by atoms with Crippen molar-refractivity contribution < 1.29 is 14.7 Å². The Morgan fingerprint density at radius 3 is 2.75 bits per heavy atom. The molecular weight excluding hydrogens is 306 g/mol. The van der Waals surface area contributed by atoms with Crippen LogP contribution in [0.15, 0.2) is 11.1 Å². The average molecular weight is 329 g/mol. The fourth-order valence-electron chi connectivity index (χ4n) is 3.21. The Balaban J connectivity index is 2.12. The summed E-state index contributed by atoms with van der Waals surface area (Å²) in [4.78, 5) is 33.2. The number of aryl methyl sites for hydroxylation is 1. The molecule has 3 rings (SSSR count). The molecule has 1 aromatic heterocycles. The summed E-state index contributed by atoms with van der Waals surface area (Å²) in [6.45, 7) is 7.78. The molecule has 1 aliphatic carbocycles. The van der Waals surface area contributed by atoms with Crippen molar-refractivity contribution >= 4 is 17.7 Å². The lowest BCUT2D eigenvalue weighted by Crippen LogP contribution is -2.41. The van der Waals surface area contributed by atoms with Crippen molar-refractivity contribution in [3.05, 3.63) is 28.6 Å². The van der Waals surface area contributed by atoms with Gasteiger partial charge in [0.15, 0.2) is 5.84 Å². The third-order valence-corrected chi connectivity index (χ3v) is 5.25. The second kappa shape index (κ2) is 5.69. The van der Waals surface area contributed by atoms with Gasteiger partial charge in [0.05, 0.1) is 5.56 Å². The van der Waals surface area contributed by atoms with Crippen molar-refractivity contribution in [2.45, 2.75) is 52.5 Å². The first-order valence-corrected chi connectivity index (χ1v) is 8.40. The van der Waals surface area contributed by atoms with E-state index in [1.54, 1.807) is 13.0 Å². The zero-order chi connectivity index (χ0) is 17.6. The number of rotatable bonds is 3. The molecule has 1 aliphatic heterocycles. The molecule has 1 amide bonds. The molecule has 128 valence electrons. The second-order valence-corrected chi connectivity index (χ2v) is 7.36. The van der Waals surface area contributed by atoms with Crippen LogP contribution in [0.4, 0.5) is 0 Å². The normalized spacial score (nSPS) is 26.1. The standard InChI is InChI=1S/C18H23N3O3/c1-9(2)18(4)17(24)20-15(21-18)14-12(16(22)23)8-11-6-5-10(3)7-13(11)19-14/h8-10H,5-7H2,1-4H3,(H,22,23)(H,20,21,24). The maximum absolute atomic E-state index is 12.3. The zero-order valence-electron chi connectivity index (χ0n) is 14.5. The summed E-state index contributed by atoms with van der Waals surface area (Å²) in [5.74, 6) is -0.462. The number of hydrogen-bond donors (Lipinski definition) is 2. The molecule has 0 saturated carbocycles. The summed E-state index contributed by atoms with van der Waals surface area (Å²) in [5.41, 5.74) is 1.40. The lowest BCUT2D eigenvalue weighted by molar-refractivity contribution is -0.124. The molecule has 24 heavy (non-hydrogen) atoms. The fraction of sp³-hybridized carbons (Fsp3) is 0.556. The summed E-state index contributed by atoms with van der Waals surface area (Å²) in [6.07, 6.45) is 2.70. The first kappa shape index (κ1) is 16.6. The van der Waals surface area contributed by atoms with Crippen LogP contribution in [0.3, 0.4) is 0 Å². The van der Waals surface area contributed by atoms with E-state index in [4.69, 9.17) is 0 Å². The van der Waals surface area contributed by atoms with Gasteiger partial charge in [0.25, 0.3) is 5.91 Å². The van der Waals surface area contributed by atoms with Crippen molar-refractivity contribution in [1.29, 1.82) is 0 Å². The number of carboxylic acid groups (broad SMARTS) is 1. The van der Waals surface area contributed by atoms with Gasteiger partial charge in [-0.2, -0.15) is 0 Å². The molecular formula is C18H23N3O3. The summed E-state index contributed by atoms with van der Waals surface area (Å²) >= 11 is 0. The number of hydrogen-bond acceptors (Lipinski definition) is 4. The minimum absolute atomic E-state index is 0.000859. The number of carbonyl (C=O) groups is 2. The minimum atomic E-state index is -1.05. The number of carboxylic acids is 1. The highest BCUT2D eigenvalue weighted by Crippen LogP contribution is 2.30. The second-order valence-electron chi connectivity index (χ2n) is 7.36. The number of amides is 1. The van der Waals surface area contributed by atoms with E-state index < -0.39 is 11.5 Å². The molecule has 2 N–H and O–H groups in total. The summed E-state index contributed by atoms with van der Waals surface area (Å²) < 4.78 is 0. The number of nitrogens with zero attached hydrogens (tertiary/aromatic N) is 2. The van der Waals surface area contributed by atoms with Gasteiger partial charge in [-0.05, 0) is 49.7 Å². The summed E-state index contributed by atoms with van der Waals surface area (Å²) in [7, 11) is 0. The van der Waals surface area contributed by atoms with Crippen LogP contribution < -0.4 is 5.32 Å². The molecule has 0 bridgehead atoms. The predicted octanol–water partition coefficient (Wildman–Crippen LogP) is 2.20. The number of aliphatic imine (C=N–C) groups is 1. The Morgan fingerprint density at radius 1 is 1.46 bits per heavy atom. The molecule has 2 unspecified atom stereocenters. The van der Waals surface area contributed by atoms with Crippen LogP contribution in [0, 0.1) is 11.8 Å². The third kappa shape index (κ3) is 2.60. The van der Waals surface area contributed by atoms with Crippen molar-refractivity contribution in [3.63, 3.8) is 0 Å². The van der Waals surface area contributed by atoms with E-state index in [2.05, 4.69) is 22.2 Å². The van der Waals surface area contributed by atoms with Crippen LogP contribution in [-0.2, 0) is 17.6 Å². The van der Waals surface area contributed by atoms with Crippen molar-refractivity contribution in [3.8, 4) is 0 Å². The molecule has 1 aromatic rings. The van der Waals surface area contributed by atoms with Crippen LogP contribution in [0.25, 0.3) is 0 Å². The predicted molar refractivity (Wildman–Crippen MR) is 90.3 cm³/mol. The number of aromatic nitrogens is 1. The highest BCUT2D eigenvalue weighted by Gasteiger charge is 2.43. The monoisotopic (exact) mass is 329 g/mol. The third-order valence-electron chi connectivity index (χ3n) is 5.25. The number of amidine groups is 1. The van der Waals surface area contributed by atoms with Crippen LogP contribution in [0.2, 0.25) is 0 Å². The molecule has 2 heterocycles. The molecule has 2 atom stereocenters. The fourth-order valence-corrected chi connectivity index (χ4v) is 3.21. The van der Waals surface area contributed by atoms with Gasteiger partial charge in [0.1, 0.15) is 11.2 Å². The molecule has 0 saturated heterocycles. The van der Waals surface area contributed by atoms with Gasteiger partial charge < -0.3 is 10.4 Å². The number of fused-ring (bicyclic) bond motifs is 1. The van der Waals surface area contributed by atoms with Crippen LogP contribution in [0.5, 0.6) is 0 Å². The maximum Gasteiger partial charge on any atom is 0.338 e. The number of aromatic carboxylic acids is 1. The first-order chi connectivity index (χ1) is 11.2. The van der Waals surface area contributed by atoms with E-state index in [0.717, 1.165) is 30.5 Å². The highest BCUT2D eigenvalue weighted by atomic mass is 16.4. The summed E-state index contributed by atoms with van der Waals surface area (Å²) in [5, 5.41) is 12.3. The average Bonchev–Trinajstić information content (AvgIpc) is 2.82. The largest absolute Gasteiger partial charge is 0.478 e. The molecule has 0 spiro atoms. The van der Waals surface area contributed by atoms with Gasteiger partial charge in [0, 0.05) is 5.69 Å². The van der Waals surface area contributed by atoms with E-state index in [-0.39, 0.29) is 28.9 Å². The maximum atomic E-state index is 12.3. The van der Waals surface area contributed by atoms with Gasteiger partial charge in [-0.25, -0.2) is 14.8 Å². The molecule has 0 aromatic carbocycles. The van der Waals surface area contributed by atoms with Gasteiger partial charge in [-0.15, -0.1) is 0 Å². The lowest BCUT2D eigenvalue weighted by atomic mass is 9.87. The number of carbonyl (C=O) groups excluding carboxylic acids is 1. The van der Waals surface area contributed by atoms with E-state index in [1.807, 2.05) is 13.8 Å². The van der Waals surface area contributed by atoms with E-state index >= 15 is 0 Å². The quantitative estimate of drug-likeness (QED) is 0.889. The smallest absolute Gasteiger partial charge is 0.338 e. The lowest BCUT2D eigenvalue weighted by Gasteiger charge is -2.22. The molecule has 0 fully saturated rings. The number of pyridine rings is 1. The Morgan fingerprint density at radius 2 is 2.17 bits per heavy atom. The van der Waals surface area contributed by atoms with E-state index in [9.17, 15) is 14.7 Å². The highest BCUT2D eigenvalue weighted by molar-refractivity contribution is 6.17. The van der Waals surface area contributed by atoms with Gasteiger partial charge in [-0.1, -0.05) is 20.8 Å². The van der Waals surface area contributed by atoms with E-state index in [0.29, 0.717) is 5.92 Å². The van der Waals surface area contributed by atoms with E-state index in [1.165, 1.54) is 0 Å². The Kier molecular flexibility index (Phi) is 3.94. The Hall–Kier alpha value is -2.24. The van der Waals surface area contributed by atoms with Crippen LogP contribution >= 0.6 is 0 Å². The Labute approximate surface area is 141 Å². The minimum Gasteiger partial charge on any atom is -0.478 e. The molecule has 6 nitrogen and oxygen atoms in total. The zero-order valence-corrected chi connectivity index (χ0v) is 14.5. The molecule has 6 heteroatoms. The first-order valence-electron chi connectivity index (χ1n) is 8.40. The van der Waals surface area contributed by atoms with Gasteiger partial charge in [-0.3, -0.25) is 4.79 Å². The van der Waals surface area contributed by atoms with Crippen molar-refractivity contribution in [2.24, 2.45) is 16.8 Å². The Bertz CT molecular complexity index is 754. The summed E-state index contributed by atoms with van der Waals surface area (Å²) in [6, 6.07) is 1.70.